The molecule has 1 N–H and O–H groups in total. The second-order valence-electron chi connectivity index (χ2n) is 10.3. The lowest BCUT2D eigenvalue weighted by molar-refractivity contribution is -0.129. The van der Waals surface area contributed by atoms with Crippen LogP contribution in [0, 0.1) is 39.9 Å². The summed E-state index contributed by atoms with van der Waals surface area (Å²) < 4.78 is 6.46. The maximum absolute atomic E-state index is 12.1. The number of nitrogens with one attached hydrogen (secondary N) is 1. The predicted molar refractivity (Wildman–Crippen MR) is 97.7 cm³/mol. The Morgan fingerprint density at radius 3 is 2.44 bits per heavy atom. The first-order valence-electron chi connectivity index (χ1n) is 10.7. The van der Waals surface area contributed by atoms with Crippen molar-refractivity contribution in [2.45, 2.75) is 90.3 Å². The quantitative estimate of drug-likeness (QED) is 0.785. The third-order valence-electron chi connectivity index (χ3n) is 9.20. The SMILES string of the molecule is C[C@]12CC[C@H]3[C@@H](CCC4C(=N)C(=O)CC[C@@]43C)[C@@H]1CC[C@@H]2OC1CC1. The molecule has 0 aromatic carbocycles. The van der Waals surface area contributed by atoms with E-state index in [9.17, 15) is 4.79 Å². The van der Waals surface area contributed by atoms with Gasteiger partial charge in [0.1, 0.15) is 0 Å². The van der Waals surface area contributed by atoms with Gasteiger partial charge in [-0.1, -0.05) is 13.8 Å². The molecule has 7 atom stereocenters. The first-order valence-corrected chi connectivity index (χ1v) is 10.7. The Balaban J connectivity index is 1.41. The van der Waals surface area contributed by atoms with E-state index in [2.05, 4.69) is 13.8 Å². The topological polar surface area (TPSA) is 50.2 Å². The predicted octanol–water partition coefficient (Wildman–Crippen LogP) is 4.78. The maximum atomic E-state index is 12.1. The van der Waals surface area contributed by atoms with Gasteiger partial charge >= 0.3 is 0 Å². The second kappa shape index (κ2) is 5.41. The molecule has 5 saturated carbocycles. The highest BCUT2D eigenvalue weighted by molar-refractivity contribution is 6.40. The largest absolute Gasteiger partial charge is 0.374 e. The highest BCUT2D eigenvalue weighted by Crippen LogP contribution is 2.66. The van der Waals surface area contributed by atoms with E-state index in [1.807, 2.05) is 0 Å². The van der Waals surface area contributed by atoms with E-state index in [-0.39, 0.29) is 17.1 Å². The summed E-state index contributed by atoms with van der Waals surface area (Å²) in [6.45, 7) is 4.94. The standard InChI is InChI=1S/C22H33NO2/c1-21-12-10-18(24)20(23)17(21)6-5-14-15-7-8-19(25-13-3-4-13)22(15,2)11-9-16(14)21/h13-17,19,23H,3-12H2,1-2H3/t14-,15-,16-,17?,19-,21+,22-/m0/s1. The Bertz CT molecular complexity index is 611. The number of carbonyl (C=O) groups excluding carboxylic acids is 1. The van der Waals surface area contributed by atoms with E-state index in [1.165, 1.54) is 44.9 Å². The lowest BCUT2D eigenvalue weighted by atomic mass is 9.45. The molecule has 5 aliphatic carbocycles. The zero-order valence-corrected chi connectivity index (χ0v) is 15.9. The van der Waals surface area contributed by atoms with Crippen molar-refractivity contribution < 1.29 is 9.53 Å². The summed E-state index contributed by atoms with van der Waals surface area (Å²) >= 11 is 0. The minimum Gasteiger partial charge on any atom is -0.374 e. The van der Waals surface area contributed by atoms with Gasteiger partial charge < -0.3 is 10.1 Å². The van der Waals surface area contributed by atoms with Crippen LogP contribution in [-0.2, 0) is 9.53 Å². The van der Waals surface area contributed by atoms with Crippen LogP contribution < -0.4 is 0 Å². The van der Waals surface area contributed by atoms with E-state index in [0.29, 0.717) is 29.8 Å². The van der Waals surface area contributed by atoms with Crippen LogP contribution in [-0.4, -0.2) is 23.7 Å². The summed E-state index contributed by atoms with van der Waals surface area (Å²) in [5, 5.41) is 8.38. The molecular weight excluding hydrogens is 310 g/mol. The first-order chi connectivity index (χ1) is 11.9. The van der Waals surface area contributed by atoms with Crippen molar-refractivity contribution in [1.82, 2.24) is 0 Å². The van der Waals surface area contributed by atoms with Crippen molar-refractivity contribution in [1.29, 1.82) is 5.41 Å². The van der Waals surface area contributed by atoms with Crippen LogP contribution >= 0.6 is 0 Å². The van der Waals surface area contributed by atoms with Crippen LogP contribution in [0.15, 0.2) is 0 Å². The number of fused-ring (bicyclic) bond motifs is 5. The van der Waals surface area contributed by atoms with E-state index in [0.717, 1.165) is 30.6 Å². The number of ether oxygens (including phenoxy) is 1. The van der Waals surface area contributed by atoms with E-state index < -0.39 is 0 Å². The average Bonchev–Trinajstić information content (AvgIpc) is 3.34. The summed E-state index contributed by atoms with van der Waals surface area (Å²) in [5.74, 6) is 2.69. The Morgan fingerprint density at radius 2 is 1.68 bits per heavy atom. The molecular formula is C22H33NO2. The molecule has 0 saturated heterocycles. The fourth-order valence-electron chi connectivity index (χ4n) is 7.61. The van der Waals surface area contributed by atoms with Crippen molar-refractivity contribution in [3.63, 3.8) is 0 Å². The van der Waals surface area contributed by atoms with Crippen molar-refractivity contribution in [3.05, 3.63) is 0 Å². The summed E-state index contributed by atoms with van der Waals surface area (Å²) in [7, 11) is 0. The van der Waals surface area contributed by atoms with E-state index >= 15 is 0 Å². The lowest BCUT2D eigenvalue weighted by Crippen LogP contribution is -2.56. The molecule has 0 bridgehead atoms. The molecule has 5 aliphatic rings. The highest BCUT2D eigenvalue weighted by Gasteiger charge is 2.61. The van der Waals surface area contributed by atoms with Crippen LogP contribution in [0.5, 0.6) is 0 Å². The fourth-order valence-corrected chi connectivity index (χ4v) is 7.61. The van der Waals surface area contributed by atoms with Gasteiger partial charge in [-0.3, -0.25) is 4.79 Å². The van der Waals surface area contributed by atoms with Crippen LogP contribution in [0.4, 0.5) is 0 Å². The Hall–Kier alpha value is -0.700. The third-order valence-corrected chi connectivity index (χ3v) is 9.20. The monoisotopic (exact) mass is 343 g/mol. The molecule has 0 heterocycles. The van der Waals surface area contributed by atoms with E-state index in [4.69, 9.17) is 10.1 Å². The second-order valence-corrected chi connectivity index (χ2v) is 10.3. The zero-order chi connectivity index (χ0) is 17.4. The zero-order valence-electron chi connectivity index (χ0n) is 15.9. The number of hydrogen-bond acceptors (Lipinski definition) is 3. The molecule has 0 spiro atoms. The van der Waals surface area contributed by atoms with Crippen LogP contribution in [0.25, 0.3) is 0 Å². The van der Waals surface area contributed by atoms with Gasteiger partial charge in [0, 0.05) is 12.3 Å². The summed E-state index contributed by atoms with van der Waals surface area (Å²) in [5.41, 5.74) is 1.04. The van der Waals surface area contributed by atoms with Crippen molar-refractivity contribution in [2.75, 3.05) is 0 Å². The van der Waals surface area contributed by atoms with Crippen molar-refractivity contribution in [3.8, 4) is 0 Å². The number of Topliss-reactive ketones (excluding diaryl/α,β-unsaturated/α-hetero) is 1. The molecule has 3 nitrogen and oxygen atoms in total. The normalized spacial score (nSPS) is 52.5. The van der Waals surface area contributed by atoms with Crippen molar-refractivity contribution in [2.24, 2.45) is 34.5 Å². The van der Waals surface area contributed by atoms with Crippen LogP contribution in [0.3, 0.4) is 0 Å². The summed E-state index contributed by atoms with van der Waals surface area (Å²) in [6, 6.07) is 0. The summed E-state index contributed by atoms with van der Waals surface area (Å²) in [4.78, 5) is 12.1. The molecule has 0 aliphatic heterocycles. The molecule has 0 amide bonds. The lowest BCUT2D eigenvalue weighted by Gasteiger charge is -2.60. The van der Waals surface area contributed by atoms with Gasteiger partial charge in [-0.15, -0.1) is 0 Å². The molecule has 5 rings (SSSR count). The molecule has 3 heteroatoms. The van der Waals surface area contributed by atoms with Gasteiger partial charge in [-0.2, -0.15) is 0 Å². The van der Waals surface area contributed by atoms with Gasteiger partial charge in [0.15, 0.2) is 5.78 Å². The van der Waals surface area contributed by atoms with Crippen LogP contribution in [0.2, 0.25) is 0 Å². The molecule has 0 radical (unpaired) electrons. The highest BCUT2D eigenvalue weighted by atomic mass is 16.5. The summed E-state index contributed by atoms with van der Waals surface area (Å²) in [6.07, 6.45) is 12.7. The molecule has 0 aromatic rings. The van der Waals surface area contributed by atoms with Gasteiger partial charge in [0.25, 0.3) is 0 Å². The molecule has 0 aromatic heterocycles. The van der Waals surface area contributed by atoms with E-state index in [1.54, 1.807) is 0 Å². The number of hydrogen-bond donors (Lipinski definition) is 1. The molecule has 5 fully saturated rings. The maximum Gasteiger partial charge on any atom is 0.176 e. The first kappa shape index (κ1) is 16.5. The number of ketones is 1. The Labute approximate surface area is 151 Å². The fraction of sp³-hybridized carbons (Fsp3) is 0.909. The Kier molecular flexibility index (Phi) is 3.56. The molecule has 25 heavy (non-hydrogen) atoms. The number of carbonyl (C=O) groups is 1. The molecule has 138 valence electrons. The minimum absolute atomic E-state index is 0.125. The minimum atomic E-state index is 0.125. The van der Waals surface area contributed by atoms with Gasteiger partial charge in [0.2, 0.25) is 0 Å². The number of rotatable bonds is 2. The van der Waals surface area contributed by atoms with Gasteiger partial charge in [-0.25, -0.2) is 0 Å². The Morgan fingerprint density at radius 1 is 0.920 bits per heavy atom. The molecule has 1 unspecified atom stereocenters. The van der Waals surface area contributed by atoms with Gasteiger partial charge in [0.05, 0.1) is 17.9 Å². The van der Waals surface area contributed by atoms with Crippen LogP contribution in [0.1, 0.15) is 78.1 Å². The van der Waals surface area contributed by atoms with Crippen molar-refractivity contribution >= 4 is 11.5 Å². The smallest absolute Gasteiger partial charge is 0.176 e. The average molecular weight is 344 g/mol. The van der Waals surface area contributed by atoms with Gasteiger partial charge in [-0.05, 0) is 86.4 Å². The third kappa shape index (κ3) is 2.27.